The second-order valence-electron chi connectivity index (χ2n) is 10.5. The number of hydrogen-bond donors (Lipinski definition) is 0. The average molecular weight is 532 g/mol. The van der Waals surface area contributed by atoms with Gasteiger partial charge in [-0.05, 0) is 70.1 Å². The molecule has 2 bridgehead atoms. The molecule has 1 unspecified atom stereocenters. The lowest BCUT2D eigenvalue weighted by Crippen LogP contribution is -2.50. The second kappa shape index (κ2) is 9.41. The summed E-state index contributed by atoms with van der Waals surface area (Å²) in [5.74, 6) is -0.432. The van der Waals surface area contributed by atoms with Crippen LogP contribution in [0.25, 0.3) is 0 Å². The van der Waals surface area contributed by atoms with Gasteiger partial charge in [0.25, 0.3) is 0 Å². The van der Waals surface area contributed by atoms with E-state index in [-0.39, 0.29) is 46.9 Å². The zero-order chi connectivity index (χ0) is 25.7. The van der Waals surface area contributed by atoms with Crippen LogP contribution in [0, 0.1) is 12.7 Å². The molecule has 1 amide bonds. The number of aromatic nitrogens is 2. The Labute approximate surface area is 215 Å². The summed E-state index contributed by atoms with van der Waals surface area (Å²) >= 11 is 0. The number of hydrogen-bond acceptors (Lipinski definition) is 8. The summed E-state index contributed by atoms with van der Waals surface area (Å²) in [4.78, 5) is 22.9. The fraction of sp³-hybridized carbons (Fsp3) is 0.577. The molecule has 2 aliphatic heterocycles. The number of halogens is 1. The molecule has 37 heavy (non-hydrogen) atoms. The van der Waals surface area contributed by atoms with Gasteiger partial charge in [0.2, 0.25) is 11.8 Å². The van der Waals surface area contributed by atoms with E-state index in [1.54, 1.807) is 6.92 Å². The first kappa shape index (κ1) is 24.4. The first-order chi connectivity index (χ1) is 17.8. The van der Waals surface area contributed by atoms with E-state index in [2.05, 4.69) is 9.97 Å². The number of piperidine rings is 1. The Morgan fingerprint density at radius 3 is 2.32 bits per heavy atom. The fourth-order valence-electron chi connectivity index (χ4n) is 5.43. The fourth-order valence-corrected chi connectivity index (χ4v) is 7.10. The van der Waals surface area contributed by atoms with Crippen LogP contribution < -0.4 is 9.47 Å². The maximum atomic E-state index is 14.7. The van der Waals surface area contributed by atoms with Gasteiger partial charge in [0.1, 0.15) is 18.5 Å². The van der Waals surface area contributed by atoms with E-state index in [1.165, 1.54) is 18.5 Å². The summed E-state index contributed by atoms with van der Waals surface area (Å²) in [7, 11) is -3.50. The van der Waals surface area contributed by atoms with Gasteiger partial charge in [-0.1, -0.05) is 0 Å². The predicted octanol–water partition coefficient (Wildman–Crippen LogP) is 4.72. The Hall–Kier alpha value is -2.95. The number of sulfone groups is 1. The van der Waals surface area contributed by atoms with Crippen molar-refractivity contribution in [2.24, 2.45) is 0 Å². The Kier molecular flexibility index (Phi) is 6.21. The number of amides is 1. The zero-order valence-electron chi connectivity index (χ0n) is 20.6. The normalized spacial score (nSPS) is 25.5. The first-order valence-corrected chi connectivity index (χ1v) is 14.5. The molecule has 2 saturated heterocycles. The van der Waals surface area contributed by atoms with E-state index in [1.807, 2.05) is 4.90 Å². The first-order valence-electron chi connectivity index (χ1n) is 13.0. The van der Waals surface area contributed by atoms with Crippen LogP contribution in [-0.4, -0.2) is 58.9 Å². The van der Waals surface area contributed by atoms with Gasteiger partial charge >= 0.3 is 6.09 Å². The number of carbonyl (C=O) groups excluding carboxylic acids is 1. The Balaban J connectivity index is 1.12. The van der Waals surface area contributed by atoms with Crippen LogP contribution in [0.3, 0.4) is 0 Å². The summed E-state index contributed by atoms with van der Waals surface area (Å²) in [6, 6.07) is 3.82. The highest BCUT2D eigenvalue weighted by Crippen LogP contribution is 2.40. The van der Waals surface area contributed by atoms with Crippen LogP contribution in [0.4, 0.5) is 9.18 Å². The summed E-state index contributed by atoms with van der Waals surface area (Å²) in [5.41, 5.74) is 0.510. The molecule has 0 N–H and O–H groups in total. The summed E-state index contributed by atoms with van der Waals surface area (Å²) in [6.07, 6.45) is 8.46. The molecule has 4 fully saturated rings. The van der Waals surface area contributed by atoms with Crippen molar-refractivity contribution in [1.82, 2.24) is 14.9 Å². The second-order valence-corrected chi connectivity index (χ2v) is 12.7. The Morgan fingerprint density at radius 1 is 1.00 bits per heavy atom. The number of carbonyl (C=O) groups is 1. The van der Waals surface area contributed by atoms with Gasteiger partial charge in [-0.2, -0.15) is 0 Å². The molecule has 2 saturated carbocycles. The van der Waals surface area contributed by atoms with Crippen molar-refractivity contribution in [3.63, 3.8) is 0 Å². The molecule has 0 spiro atoms. The van der Waals surface area contributed by atoms with Crippen molar-refractivity contribution in [3.8, 4) is 17.5 Å². The van der Waals surface area contributed by atoms with E-state index >= 15 is 0 Å². The molecule has 198 valence electrons. The van der Waals surface area contributed by atoms with Crippen molar-refractivity contribution >= 4 is 15.9 Å². The largest absolute Gasteiger partial charge is 0.474 e. The van der Waals surface area contributed by atoms with Crippen LogP contribution in [0.15, 0.2) is 29.4 Å². The van der Waals surface area contributed by atoms with Gasteiger partial charge < -0.3 is 19.1 Å². The maximum absolute atomic E-state index is 14.7. The smallest absolute Gasteiger partial charge is 0.410 e. The highest BCUT2D eigenvalue weighted by molar-refractivity contribution is 7.92. The lowest BCUT2D eigenvalue weighted by atomic mass is 9.96. The molecule has 2 aliphatic carbocycles. The van der Waals surface area contributed by atoms with Gasteiger partial charge in [-0.3, -0.25) is 0 Å². The van der Waals surface area contributed by atoms with E-state index in [0.717, 1.165) is 38.2 Å². The van der Waals surface area contributed by atoms with Crippen molar-refractivity contribution in [1.29, 1.82) is 0 Å². The highest BCUT2D eigenvalue weighted by Gasteiger charge is 2.46. The van der Waals surface area contributed by atoms with Crippen LogP contribution in [0.2, 0.25) is 0 Å². The van der Waals surface area contributed by atoms with Crippen molar-refractivity contribution in [3.05, 3.63) is 35.9 Å². The molecule has 0 radical (unpaired) electrons. The van der Waals surface area contributed by atoms with Gasteiger partial charge in [0.15, 0.2) is 21.4 Å². The lowest BCUT2D eigenvalue weighted by molar-refractivity contribution is -0.00517. The molecular weight excluding hydrogens is 501 g/mol. The molecule has 4 aliphatic rings. The monoisotopic (exact) mass is 531 g/mol. The third-order valence-electron chi connectivity index (χ3n) is 7.89. The van der Waals surface area contributed by atoms with Gasteiger partial charge in [-0.15, -0.1) is 0 Å². The summed E-state index contributed by atoms with van der Waals surface area (Å²) in [5, 5.41) is -0.419. The maximum Gasteiger partial charge on any atom is 0.410 e. The van der Waals surface area contributed by atoms with Gasteiger partial charge in [0.05, 0.1) is 15.7 Å². The van der Waals surface area contributed by atoms with E-state index in [0.29, 0.717) is 37.1 Å². The third-order valence-corrected chi connectivity index (χ3v) is 10.2. The molecule has 6 rings (SSSR count). The van der Waals surface area contributed by atoms with Crippen molar-refractivity contribution in [2.75, 3.05) is 0 Å². The van der Waals surface area contributed by atoms with E-state index in [4.69, 9.17) is 14.2 Å². The predicted molar refractivity (Wildman–Crippen MR) is 130 cm³/mol. The molecule has 3 atom stereocenters. The number of nitrogens with zero attached hydrogens (tertiary/aromatic N) is 3. The Morgan fingerprint density at radius 2 is 1.70 bits per heavy atom. The number of ether oxygens (including phenoxy) is 3. The molecule has 2 aromatic rings. The molecule has 11 heteroatoms. The number of benzene rings is 1. The minimum absolute atomic E-state index is 0.0409. The topological polar surface area (TPSA) is 108 Å². The van der Waals surface area contributed by atoms with Crippen molar-refractivity contribution in [2.45, 2.75) is 99.1 Å². The summed E-state index contributed by atoms with van der Waals surface area (Å²) in [6.45, 7) is 1.73. The molecule has 1 aromatic heterocycles. The van der Waals surface area contributed by atoms with E-state index in [9.17, 15) is 17.6 Å². The van der Waals surface area contributed by atoms with Crippen LogP contribution in [-0.2, 0) is 14.6 Å². The number of rotatable bonds is 7. The molecule has 3 heterocycles. The minimum atomic E-state index is -3.50. The minimum Gasteiger partial charge on any atom is -0.474 e. The molecular formula is C26H30FN3O6S. The van der Waals surface area contributed by atoms with Gasteiger partial charge in [0, 0.05) is 24.9 Å². The SMILES string of the molecule is Cc1c(Oc2ccc(S(=O)(=O)C3CC3)cc2F)ncnc1O[C@H]1CC2CC[C@@H](C1)N2C(=O)OC1CCC1. The molecule has 9 nitrogen and oxygen atoms in total. The van der Waals surface area contributed by atoms with Gasteiger partial charge in [-0.25, -0.2) is 27.6 Å². The number of fused-ring (bicyclic) bond motifs is 2. The highest BCUT2D eigenvalue weighted by atomic mass is 32.2. The van der Waals surface area contributed by atoms with E-state index < -0.39 is 20.9 Å². The van der Waals surface area contributed by atoms with Crippen molar-refractivity contribution < 1.29 is 31.8 Å². The van der Waals surface area contributed by atoms with Crippen LogP contribution >= 0.6 is 0 Å². The average Bonchev–Trinajstić information content (AvgIpc) is 3.66. The molecule has 1 aromatic carbocycles. The standard InChI is InChI=1S/C26H30FN3O6S/c1-15-24(34-19-11-16-5-6-17(12-19)30(16)26(31)35-18-3-2-4-18)28-14-29-25(15)36-23-10-9-21(13-22(23)27)37(32,33)20-7-8-20/h9-10,13-14,16-20H,2-8,11-12H2,1H3/t16-,17?,19+/m0/s1. The van der Waals surface area contributed by atoms with Crippen LogP contribution in [0.1, 0.15) is 63.4 Å². The lowest BCUT2D eigenvalue weighted by Gasteiger charge is -2.39. The summed E-state index contributed by atoms with van der Waals surface area (Å²) < 4.78 is 57.1. The quantitative estimate of drug-likeness (QED) is 0.505. The third kappa shape index (κ3) is 4.73. The van der Waals surface area contributed by atoms with Crippen LogP contribution in [0.5, 0.6) is 17.5 Å². The zero-order valence-corrected chi connectivity index (χ0v) is 21.5. The Bertz CT molecular complexity index is 1300.